The lowest BCUT2D eigenvalue weighted by Gasteiger charge is -2.27. The smallest absolute Gasteiger partial charge is 0.356 e. The van der Waals surface area contributed by atoms with Crippen LogP contribution >= 0.6 is 0 Å². The van der Waals surface area contributed by atoms with E-state index in [0.29, 0.717) is 17.4 Å². The third kappa shape index (κ3) is 3.62. The van der Waals surface area contributed by atoms with E-state index >= 15 is 0 Å². The molecule has 1 fully saturated rings. The predicted molar refractivity (Wildman–Crippen MR) is 79.6 cm³/mol. The first-order valence-electron chi connectivity index (χ1n) is 7.19. The molecule has 1 aliphatic rings. The van der Waals surface area contributed by atoms with Crippen LogP contribution in [0.1, 0.15) is 43.1 Å². The second kappa shape index (κ2) is 6.59. The molecule has 1 aromatic heterocycles. The molecule has 0 aliphatic heterocycles. The monoisotopic (exact) mass is 277 g/mol. The minimum absolute atomic E-state index is 0.279. The summed E-state index contributed by atoms with van der Waals surface area (Å²) in [5.41, 5.74) is 6.73. The Morgan fingerprint density at radius 3 is 3.00 bits per heavy atom. The summed E-state index contributed by atoms with van der Waals surface area (Å²) in [7, 11) is 1.34. The molecule has 2 atom stereocenters. The summed E-state index contributed by atoms with van der Waals surface area (Å²) < 4.78 is 4.67. The maximum atomic E-state index is 11.5. The molecule has 110 valence electrons. The van der Waals surface area contributed by atoms with Crippen LogP contribution in [0, 0.1) is 11.8 Å². The molecule has 0 bridgehead atoms. The lowest BCUT2D eigenvalue weighted by atomic mass is 9.82. The maximum absolute atomic E-state index is 11.5. The highest BCUT2D eigenvalue weighted by Crippen LogP contribution is 2.29. The molecule has 5 heteroatoms. The van der Waals surface area contributed by atoms with E-state index in [9.17, 15) is 4.79 Å². The van der Waals surface area contributed by atoms with Crippen LogP contribution in [0.15, 0.2) is 12.1 Å². The Morgan fingerprint density at radius 2 is 2.30 bits per heavy atom. The van der Waals surface area contributed by atoms with E-state index in [1.165, 1.54) is 32.8 Å². The van der Waals surface area contributed by atoms with E-state index < -0.39 is 5.97 Å². The molecule has 0 spiro atoms. The highest BCUT2D eigenvalue weighted by molar-refractivity contribution is 5.88. The zero-order chi connectivity index (χ0) is 14.5. The predicted octanol–water partition coefficient (Wildman–Crippen LogP) is 2.69. The Hall–Kier alpha value is -1.78. The summed E-state index contributed by atoms with van der Waals surface area (Å²) in [6.07, 6.45) is 5.10. The lowest BCUT2D eigenvalue weighted by Crippen LogP contribution is -2.22. The quantitative estimate of drug-likeness (QED) is 0.827. The van der Waals surface area contributed by atoms with Crippen molar-refractivity contribution in [1.29, 1.82) is 0 Å². The standard InChI is InChI=1S/C15H23N3O2/c1-10-4-3-5-11(8-10)9-17-14-12(16)6-7-13(18-14)15(19)20-2/h6-7,10-11H,3-5,8-9,16H2,1-2H3,(H,17,18). The first kappa shape index (κ1) is 14.6. The molecule has 1 aliphatic carbocycles. The summed E-state index contributed by atoms with van der Waals surface area (Å²) in [6, 6.07) is 3.26. The number of nitrogen functional groups attached to an aromatic ring is 1. The van der Waals surface area contributed by atoms with Gasteiger partial charge in [-0.05, 0) is 36.8 Å². The average molecular weight is 277 g/mol. The van der Waals surface area contributed by atoms with Crippen LogP contribution in [-0.4, -0.2) is 24.6 Å². The fourth-order valence-corrected chi connectivity index (χ4v) is 2.82. The number of pyridine rings is 1. The van der Waals surface area contributed by atoms with Gasteiger partial charge in [0.05, 0.1) is 12.8 Å². The first-order valence-corrected chi connectivity index (χ1v) is 7.19. The molecule has 0 saturated heterocycles. The van der Waals surface area contributed by atoms with Gasteiger partial charge in [-0.15, -0.1) is 0 Å². The molecule has 1 aromatic rings. The minimum atomic E-state index is -0.445. The lowest BCUT2D eigenvalue weighted by molar-refractivity contribution is 0.0594. The molecular weight excluding hydrogens is 254 g/mol. The minimum Gasteiger partial charge on any atom is -0.464 e. The molecule has 0 aromatic carbocycles. The number of rotatable bonds is 4. The molecule has 2 rings (SSSR count). The number of hydrogen-bond acceptors (Lipinski definition) is 5. The van der Waals surface area contributed by atoms with E-state index in [1.807, 2.05) is 0 Å². The van der Waals surface area contributed by atoms with Gasteiger partial charge in [0.2, 0.25) is 0 Å². The van der Waals surface area contributed by atoms with E-state index in [1.54, 1.807) is 12.1 Å². The molecule has 2 unspecified atom stereocenters. The zero-order valence-corrected chi connectivity index (χ0v) is 12.2. The highest BCUT2D eigenvalue weighted by atomic mass is 16.5. The maximum Gasteiger partial charge on any atom is 0.356 e. The number of ether oxygens (including phenoxy) is 1. The summed E-state index contributed by atoms with van der Waals surface area (Å²) in [4.78, 5) is 15.7. The number of anilines is 2. The third-order valence-corrected chi connectivity index (χ3v) is 3.92. The number of aromatic nitrogens is 1. The zero-order valence-electron chi connectivity index (χ0n) is 12.2. The van der Waals surface area contributed by atoms with Crippen molar-refractivity contribution >= 4 is 17.5 Å². The van der Waals surface area contributed by atoms with Crippen LogP contribution in [0.3, 0.4) is 0 Å². The van der Waals surface area contributed by atoms with Crippen molar-refractivity contribution in [2.24, 2.45) is 11.8 Å². The van der Waals surface area contributed by atoms with Crippen LogP contribution in [0.5, 0.6) is 0 Å². The van der Waals surface area contributed by atoms with Gasteiger partial charge >= 0.3 is 5.97 Å². The molecule has 20 heavy (non-hydrogen) atoms. The van der Waals surface area contributed by atoms with E-state index in [2.05, 4.69) is 22.0 Å². The Bertz CT molecular complexity index is 476. The van der Waals surface area contributed by atoms with Gasteiger partial charge in [-0.2, -0.15) is 0 Å². The number of nitrogens with zero attached hydrogens (tertiary/aromatic N) is 1. The number of esters is 1. The van der Waals surface area contributed by atoms with Gasteiger partial charge in [0.1, 0.15) is 5.82 Å². The number of carbonyl (C=O) groups is 1. The van der Waals surface area contributed by atoms with Gasteiger partial charge in [0.25, 0.3) is 0 Å². The first-order chi connectivity index (χ1) is 9.60. The van der Waals surface area contributed by atoms with E-state index in [4.69, 9.17) is 5.73 Å². The van der Waals surface area contributed by atoms with Gasteiger partial charge in [-0.3, -0.25) is 0 Å². The number of nitrogens with one attached hydrogen (secondary N) is 1. The largest absolute Gasteiger partial charge is 0.464 e. The normalized spacial score (nSPS) is 22.3. The van der Waals surface area contributed by atoms with Crippen molar-refractivity contribution < 1.29 is 9.53 Å². The molecule has 5 nitrogen and oxygen atoms in total. The summed E-state index contributed by atoms with van der Waals surface area (Å²) >= 11 is 0. The van der Waals surface area contributed by atoms with E-state index in [0.717, 1.165) is 12.5 Å². The van der Waals surface area contributed by atoms with Crippen molar-refractivity contribution in [3.8, 4) is 0 Å². The van der Waals surface area contributed by atoms with Crippen molar-refractivity contribution in [2.75, 3.05) is 24.7 Å². The van der Waals surface area contributed by atoms with Gasteiger partial charge in [-0.1, -0.05) is 19.8 Å². The van der Waals surface area contributed by atoms with Gasteiger partial charge in [0.15, 0.2) is 5.69 Å². The fraction of sp³-hybridized carbons (Fsp3) is 0.600. The topological polar surface area (TPSA) is 77.2 Å². The van der Waals surface area contributed by atoms with Crippen molar-refractivity contribution in [2.45, 2.75) is 32.6 Å². The number of methoxy groups -OCH3 is 1. The van der Waals surface area contributed by atoms with Crippen LogP contribution < -0.4 is 11.1 Å². The van der Waals surface area contributed by atoms with Crippen LogP contribution in [0.4, 0.5) is 11.5 Å². The third-order valence-electron chi connectivity index (χ3n) is 3.92. The second-order valence-electron chi connectivity index (χ2n) is 5.64. The molecular formula is C15H23N3O2. The average Bonchev–Trinajstić information content (AvgIpc) is 2.45. The Kier molecular flexibility index (Phi) is 4.82. The van der Waals surface area contributed by atoms with E-state index in [-0.39, 0.29) is 5.69 Å². The second-order valence-corrected chi connectivity index (χ2v) is 5.64. The summed E-state index contributed by atoms with van der Waals surface area (Å²) in [5, 5.41) is 3.28. The highest BCUT2D eigenvalue weighted by Gasteiger charge is 2.19. The van der Waals surface area contributed by atoms with Crippen LogP contribution in [0.25, 0.3) is 0 Å². The Morgan fingerprint density at radius 1 is 1.50 bits per heavy atom. The van der Waals surface area contributed by atoms with Crippen molar-refractivity contribution in [3.63, 3.8) is 0 Å². The SMILES string of the molecule is COC(=O)c1ccc(N)c(NCC2CCCC(C)C2)n1. The fourth-order valence-electron chi connectivity index (χ4n) is 2.82. The van der Waals surface area contributed by atoms with Crippen molar-refractivity contribution in [3.05, 3.63) is 17.8 Å². The molecule has 1 saturated carbocycles. The van der Waals surface area contributed by atoms with Crippen molar-refractivity contribution in [1.82, 2.24) is 4.98 Å². The van der Waals surface area contributed by atoms with Gasteiger partial charge in [0, 0.05) is 6.54 Å². The summed E-state index contributed by atoms with van der Waals surface area (Å²) in [6.45, 7) is 3.16. The molecule has 0 amide bonds. The molecule has 3 N–H and O–H groups in total. The van der Waals surface area contributed by atoms with Gasteiger partial charge < -0.3 is 15.8 Å². The molecule has 1 heterocycles. The number of hydrogen-bond donors (Lipinski definition) is 2. The van der Waals surface area contributed by atoms with Gasteiger partial charge in [-0.25, -0.2) is 9.78 Å². The van der Waals surface area contributed by atoms with Crippen LogP contribution in [0.2, 0.25) is 0 Å². The van der Waals surface area contributed by atoms with Crippen LogP contribution in [-0.2, 0) is 4.74 Å². The Labute approximate surface area is 119 Å². The Balaban J connectivity index is 1.99. The molecule has 0 radical (unpaired) electrons. The summed E-state index contributed by atoms with van der Waals surface area (Å²) in [5.74, 6) is 1.58. The number of nitrogens with two attached hydrogens (primary N) is 1. The number of carbonyl (C=O) groups excluding carboxylic acids is 1.